The second-order valence-electron chi connectivity index (χ2n) is 6.17. The summed E-state index contributed by atoms with van der Waals surface area (Å²) in [6, 6.07) is 11.2. The van der Waals surface area contributed by atoms with Crippen molar-refractivity contribution in [2.75, 3.05) is 7.11 Å². The number of ether oxygens (including phenoxy) is 1. The standard InChI is InChI=1S/C19H12ClN3O5S2/c1-28-17(24)9-22-13-4-2-11(20)8-15(13)30-19(22)21-18(25)16-7-10-6-12(23(26)27)3-5-14(10)29-16/h2-8H,9H2,1H3. The number of methoxy groups -OCH3 is 1. The second kappa shape index (κ2) is 7.98. The van der Waals surface area contributed by atoms with Gasteiger partial charge in [-0.05, 0) is 30.3 Å². The highest BCUT2D eigenvalue weighted by atomic mass is 35.5. The predicted octanol–water partition coefficient (Wildman–Crippen LogP) is 4.39. The summed E-state index contributed by atoms with van der Waals surface area (Å²) in [7, 11) is 1.28. The van der Waals surface area contributed by atoms with Crippen LogP contribution in [-0.4, -0.2) is 28.5 Å². The number of thiazole rings is 1. The molecule has 0 radical (unpaired) electrons. The van der Waals surface area contributed by atoms with E-state index in [1.54, 1.807) is 34.9 Å². The number of hydrogen-bond donors (Lipinski definition) is 0. The number of thiophene rings is 1. The molecule has 0 saturated carbocycles. The molecule has 0 spiro atoms. The molecule has 8 nitrogen and oxygen atoms in total. The van der Waals surface area contributed by atoms with Crippen molar-refractivity contribution in [3.05, 3.63) is 67.3 Å². The molecular weight excluding hydrogens is 450 g/mol. The molecule has 2 aromatic carbocycles. The van der Waals surface area contributed by atoms with E-state index in [2.05, 4.69) is 4.99 Å². The van der Waals surface area contributed by atoms with Crippen LogP contribution in [0.1, 0.15) is 9.67 Å². The van der Waals surface area contributed by atoms with Gasteiger partial charge in [0.25, 0.3) is 11.6 Å². The van der Waals surface area contributed by atoms with Crippen LogP contribution < -0.4 is 4.80 Å². The van der Waals surface area contributed by atoms with E-state index in [1.807, 2.05) is 0 Å². The van der Waals surface area contributed by atoms with E-state index in [0.29, 0.717) is 25.6 Å². The largest absolute Gasteiger partial charge is 0.468 e. The Labute approximate surface area is 181 Å². The zero-order valence-electron chi connectivity index (χ0n) is 15.3. The highest BCUT2D eigenvalue weighted by Crippen LogP contribution is 2.29. The molecule has 0 aliphatic rings. The highest BCUT2D eigenvalue weighted by Gasteiger charge is 2.15. The third kappa shape index (κ3) is 3.84. The van der Waals surface area contributed by atoms with E-state index in [9.17, 15) is 19.7 Å². The first-order chi connectivity index (χ1) is 14.4. The molecule has 0 aliphatic heterocycles. The summed E-state index contributed by atoms with van der Waals surface area (Å²) in [6.07, 6.45) is 0. The topological polar surface area (TPSA) is 104 Å². The second-order valence-corrected chi connectivity index (χ2v) is 8.70. The first-order valence-corrected chi connectivity index (χ1v) is 10.5. The lowest BCUT2D eigenvalue weighted by Gasteiger charge is -2.03. The van der Waals surface area contributed by atoms with Gasteiger partial charge in [0.2, 0.25) is 0 Å². The number of carbonyl (C=O) groups is 2. The van der Waals surface area contributed by atoms with Crippen LogP contribution in [0.5, 0.6) is 0 Å². The number of nitrogens with zero attached hydrogens (tertiary/aromatic N) is 3. The number of esters is 1. The van der Waals surface area contributed by atoms with Crippen LogP contribution in [0.25, 0.3) is 20.3 Å². The molecule has 0 bridgehead atoms. The lowest BCUT2D eigenvalue weighted by molar-refractivity contribution is -0.384. The Morgan fingerprint density at radius 3 is 2.70 bits per heavy atom. The third-order valence-corrected chi connectivity index (χ3v) is 6.66. The van der Waals surface area contributed by atoms with Gasteiger partial charge in [0.15, 0.2) is 4.80 Å². The van der Waals surface area contributed by atoms with Gasteiger partial charge in [-0.1, -0.05) is 22.9 Å². The van der Waals surface area contributed by atoms with Gasteiger partial charge in [0, 0.05) is 27.2 Å². The smallest absolute Gasteiger partial charge is 0.325 e. The Bertz CT molecular complexity index is 1400. The number of nitro groups is 1. The number of non-ortho nitro benzene ring substituents is 1. The summed E-state index contributed by atoms with van der Waals surface area (Å²) >= 11 is 8.48. The van der Waals surface area contributed by atoms with Crippen molar-refractivity contribution in [2.45, 2.75) is 6.54 Å². The number of halogens is 1. The van der Waals surface area contributed by atoms with E-state index in [4.69, 9.17) is 16.3 Å². The number of nitro benzene ring substituents is 1. The molecule has 4 rings (SSSR count). The van der Waals surface area contributed by atoms with E-state index in [1.165, 1.54) is 41.9 Å². The third-order valence-electron chi connectivity index (χ3n) is 4.28. The maximum atomic E-state index is 12.8. The van der Waals surface area contributed by atoms with Crippen molar-refractivity contribution in [3.8, 4) is 0 Å². The number of amides is 1. The molecule has 0 fully saturated rings. The summed E-state index contributed by atoms with van der Waals surface area (Å²) in [5, 5.41) is 12.1. The molecule has 0 atom stereocenters. The first kappa shape index (κ1) is 20.2. The molecule has 1 amide bonds. The number of aromatic nitrogens is 1. The van der Waals surface area contributed by atoms with Gasteiger partial charge in [0.05, 0.1) is 27.1 Å². The monoisotopic (exact) mass is 461 g/mol. The SMILES string of the molecule is COC(=O)Cn1c(=NC(=O)c2cc3cc([N+](=O)[O-])ccc3s2)sc2cc(Cl)ccc21. The van der Waals surface area contributed by atoms with E-state index >= 15 is 0 Å². The van der Waals surface area contributed by atoms with Gasteiger partial charge >= 0.3 is 5.97 Å². The van der Waals surface area contributed by atoms with Crippen molar-refractivity contribution >= 4 is 72.1 Å². The van der Waals surface area contributed by atoms with Gasteiger partial charge in [-0.2, -0.15) is 4.99 Å². The summed E-state index contributed by atoms with van der Waals surface area (Å²) < 4.78 is 7.85. The highest BCUT2D eigenvalue weighted by molar-refractivity contribution is 7.21. The van der Waals surface area contributed by atoms with Crippen LogP contribution in [0.4, 0.5) is 5.69 Å². The van der Waals surface area contributed by atoms with E-state index in [0.717, 1.165) is 9.40 Å². The van der Waals surface area contributed by atoms with Crippen LogP contribution in [-0.2, 0) is 16.1 Å². The Morgan fingerprint density at radius 2 is 1.97 bits per heavy atom. The van der Waals surface area contributed by atoms with Crippen LogP contribution in [0, 0.1) is 10.1 Å². The zero-order chi connectivity index (χ0) is 21.4. The minimum atomic E-state index is -0.505. The van der Waals surface area contributed by atoms with Crippen LogP contribution in [0.2, 0.25) is 5.02 Å². The fourth-order valence-electron chi connectivity index (χ4n) is 2.87. The Morgan fingerprint density at radius 1 is 1.17 bits per heavy atom. The Balaban J connectivity index is 1.81. The summed E-state index contributed by atoms with van der Waals surface area (Å²) in [5.41, 5.74) is 0.654. The summed E-state index contributed by atoms with van der Waals surface area (Å²) in [5.74, 6) is -0.983. The van der Waals surface area contributed by atoms with E-state index in [-0.39, 0.29) is 12.2 Å². The Kier molecular flexibility index (Phi) is 5.37. The number of rotatable bonds is 4. The normalized spacial score (nSPS) is 11.9. The lowest BCUT2D eigenvalue weighted by atomic mass is 10.2. The first-order valence-electron chi connectivity index (χ1n) is 8.48. The molecule has 0 saturated heterocycles. The van der Waals surface area contributed by atoms with Crippen molar-refractivity contribution in [2.24, 2.45) is 4.99 Å². The number of hydrogen-bond acceptors (Lipinski definition) is 7. The molecule has 0 N–H and O–H groups in total. The number of fused-ring (bicyclic) bond motifs is 2. The lowest BCUT2D eigenvalue weighted by Crippen LogP contribution is -2.22. The average molecular weight is 462 g/mol. The van der Waals surface area contributed by atoms with Crippen molar-refractivity contribution in [3.63, 3.8) is 0 Å². The Hall–Kier alpha value is -3.08. The quantitative estimate of drug-likeness (QED) is 0.254. The zero-order valence-corrected chi connectivity index (χ0v) is 17.7. The number of carbonyl (C=O) groups excluding carboxylic acids is 2. The van der Waals surface area contributed by atoms with Crippen LogP contribution in [0.3, 0.4) is 0 Å². The fraction of sp³-hybridized carbons (Fsp3) is 0.105. The molecule has 0 unspecified atom stereocenters. The van der Waals surface area contributed by atoms with Crippen molar-refractivity contribution in [1.82, 2.24) is 4.57 Å². The van der Waals surface area contributed by atoms with Gasteiger partial charge in [-0.25, -0.2) is 0 Å². The molecular formula is C19H12ClN3O5S2. The molecule has 0 aliphatic carbocycles. The molecule has 2 aromatic heterocycles. The van der Waals surface area contributed by atoms with Gasteiger partial charge in [-0.3, -0.25) is 19.7 Å². The molecule has 2 heterocycles. The maximum absolute atomic E-state index is 12.8. The number of benzene rings is 2. The molecule has 11 heteroatoms. The van der Waals surface area contributed by atoms with Crippen LogP contribution in [0.15, 0.2) is 47.5 Å². The van der Waals surface area contributed by atoms with Gasteiger partial charge in [-0.15, -0.1) is 11.3 Å². The molecule has 4 aromatic rings. The summed E-state index contributed by atoms with van der Waals surface area (Å²) in [4.78, 5) is 40.0. The van der Waals surface area contributed by atoms with Gasteiger partial charge < -0.3 is 9.30 Å². The minimum absolute atomic E-state index is 0.0476. The van der Waals surface area contributed by atoms with Crippen molar-refractivity contribution < 1.29 is 19.2 Å². The fourth-order valence-corrected chi connectivity index (χ4v) is 5.10. The maximum Gasteiger partial charge on any atom is 0.325 e. The summed E-state index contributed by atoms with van der Waals surface area (Å²) in [6.45, 7) is -0.108. The molecule has 152 valence electrons. The predicted molar refractivity (Wildman–Crippen MR) is 115 cm³/mol. The molecule has 30 heavy (non-hydrogen) atoms. The average Bonchev–Trinajstić information content (AvgIpc) is 3.28. The van der Waals surface area contributed by atoms with Gasteiger partial charge in [0.1, 0.15) is 6.54 Å². The minimum Gasteiger partial charge on any atom is -0.468 e. The van der Waals surface area contributed by atoms with E-state index < -0.39 is 16.8 Å². The van der Waals surface area contributed by atoms with Crippen LogP contribution >= 0.6 is 34.3 Å². The van der Waals surface area contributed by atoms with Crippen molar-refractivity contribution in [1.29, 1.82) is 0 Å².